The Morgan fingerprint density at radius 1 is 1.11 bits per heavy atom. The monoisotopic (exact) mass is 252 g/mol. The SMILES string of the molecule is CC1CCCCC1N(C)C(=NC1CCCC1)NN. The second-order valence-corrected chi connectivity index (χ2v) is 5.98. The summed E-state index contributed by atoms with van der Waals surface area (Å²) in [5, 5.41) is 0. The molecule has 0 aromatic heterocycles. The quantitative estimate of drug-likeness (QED) is 0.343. The zero-order valence-corrected chi connectivity index (χ0v) is 11.9. The van der Waals surface area contributed by atoms with Gasteiger partial charge in [0, 0.05) is 13.1 Å². The van der Waals surface area contributed by atoms with E-state index in [0.717, 1.165) is 11.9 Å². The van der Waals surface area contributed by atoms with Gasteiger partial charge in [-0.05, 0) is 31.6 Å². The van der Waals surface area contributed by atoms with Gasteiger partial charge < -0.3 is 4.90 Å². The maximum atomic E-state index is 5.68. The van der Waals surface area contributed by atoms with Gasteiger partial charge >= 0.3 is 0 Å². The zero-order valence-electron chi connectivity index (χ0n) is 11.9. The molecule has 2 aliphatic carbocycles. The third-order valence-corrected chi connectivity index (χ3v) is 4.66. The van der Waals surface area contributed by atoms with E-state index in [-0.39, 0.29) is 0 Å². The lowest BCUT2D eigenvalue weighted by molar-refractivity contribution is 0.200. The molecule has 18 heavy (non-hydrogen) atoms. The molecular weight excluding hydrogens is 224 g/mol. The highest BCUT2D eigenvalue weighted by atomic mass is 15.4. The van der Waals surface area contributed by atoms with Gasteiger partial charge in [0.15, 0.2) is 0 Å². The number of guanidine groups is 1. The minimum Gasteiger partial charge on any atom is -0.342 e. The van der Waals surface area contributed by atoms with Gasteiger partial charge in [-0.3, -0.25) is 5.43 Å². The highest BCUT2D eigenvalue weighted by Crippen LogP contribution is 2.28. The van der Waals surface area contributed by atoms with Crippen LogP contribution in [0.2, 0.25) is 0 Å². The molecule has 2 saturated carbocycles. The summed E-state index contributed by atoms with van der Waals surface area (Å²) >= 11 is 0. The second-order valence-electron chi connectivity index (χ2n) is 5.98. The lowest BCUT2D eigenvalue weighted by atomic mass is 9.85. The first-order chi connectivity index (χ1) is 8.72. The van der Waals surface area contributed by atoms with Crippen LogP contribution in [-0.2, 0) is 0 Å². The first-order valence-electron chi connectivity index (χ1n) is 7.49. The van der Waals surface area contributed by atoms with E-state index in [1.807, 2.05) is 0 Å². The smallest absolute Gasteiger partial charge is 0.208 e. The Balaban J connectivity index is 2.01. The normalized spacial score (nSPS) is 30.5. The van der Waals surface area contributed by atoms with Crippen LogP contribution in [0, 0.1) is 5.92 Å². The maximum Gasteiger partial charge on any atom is 0.208 e. The molecule has 2 fully saturated rings. The molecule has 0 bridgehead atoms. The van der Waals surface area contributed by atoms with Crippen LogP contribution in [0.4, 0.5) is 0 Å². The van der Waals surface area contributed by atoms with E-state index in [1.165, 1.54) is 51.4 Å². The molecule has 0 aromatic rings. The largest absolute Gasteiger partial charge is 0.342 e. The molecule has 0 aliphatic heterocycles. The van der Waals surface area contributed by atoms with Crippen molar-refractivity contribution < 1.29 is 0 Å². The summed E-state index contributed by atoms with van der Waals surface area (Å²) in [7, 11) is 2.14. The Morgan fingerprint density at radius 3 is 2.33 bits per heavy atom. The Hall–Kier alpha value is -0.770. The predicted octanol–water partition coefficient (Wildman–Crippen LogP) is 2.26. The number of hydrazine groups is 1. The van der Waals surface area contributed by atoms with Gasteiger partial charge in [0.05, 0.1) is 6.04 Å². The van der Waals surface area contributed by atoms with Crippen molar-refractivity contribution in [2.75, 3.05) is 7.05 Å². The Bertz CT molecular complexity index is 284. The lowest BCUT2D eigenvalue weighted by Gasteiger charge is -2.37. The molecule has 0 spiro atoms. The van der Waals surface area contributed by atoms with Crippen LogP contribution in [-0.4, -0.2) is 30.0 Å². The highest BCUT2D eigenvalue weighted by Gasteiger charge is 2.27. The van der Waals surface area contributed by atoms with Crippen LogP contribution in [0.1, 0.15) is 58.3 Å². The predicted molar refractivity (Wildman–Crippen MR) is 76.2 cm³/mol. The van der Waals surface area contributed by atoms with Crippen molar-refractivity contribution in [2.24, 2.45) is 16.8 Å². The molecule has 104 valence electrons. The number of nitrogens with two attached hydrogens (primary N) is 1. The highest BCUT2D eigenvalue weighted by molar-refractivity contribution is 5.79. The molecule has 2 aliphatic rings. The average molecular weight is 252 g/mol. The Kier molecular flexibility index (Phi) is 4.87. The summed E-state index contributed by atoms with van der Waals surface area (Å²) in [6.07, 6.45) is 10.4. The fourth-order valence-corrected chi connectivity index (χ4v) is 3.47. The number of hydrogen-bond acceptors (Lipinski definition) is 2. The molecule has 0 amide bonds. The molecule has 2 unspecified atom stereocenters. The van der Waals surface area contributed by atoms with Crippen molar-refractivity contribution in [3.8, 4) is 0 Å². The number of nitrogens with zero attached hydrogens (tertiary/aromatic N) is 2. The summed E-state index contributed by atoms with van der Waals surface area (Å²) in [4.78, 5) is 7.09. The third-order valence-electron chi connectivity index (χ3n) is 4.66. The van der Waals surface area contributed by atoms with Crippen molar-refractivity contribution in [3.63, 3.8) is 0 Å². The van der Waals surface area contributed by atoms with Crippen LogP contribution in [0.15, 0.2) is 4.99 Å². The molecule has 4 nitrogen and oxygen atoms in total. The summed E-state index contributed by atoms with van der Waals surface area (Å²) in [6, 6.07) is 1.08. The average Bonchev–Trinajstić information content (AvgIpc) is 2.88. The van der Waals surface area contributed by atoms with Crippen molar-refractivity contribution in [2.45, 2.75) is 70.4 Å². The Labute approximate surface area is 111 Å². The van der Waals surface area contributed by atoms with Crippen molar-refractivity contribution in [1.29, 1.82) is 0 Å². The van der Waals surface area contributed by atoms with E-state index < -0.39 is 0 Å². The minimum absolute atomic E-state index is 0.484. The van der Waals surface area contributed by atoms with E-state index in [4.69, 9.17) is 10.8 Å². The van der Waals surface area contributed by atoms with Gasteiger partial charge in [0.1, 0.15) is 0 Å². The number of hydrogen-bond donors (Lipinski definition) is 2. The molecule has 0 heterocycles. The third kappa shape index (κ3) is 3.16. The van der Waals surface area contributed by atoms with Gasteiger partial charge in [0.25, 0.3) is 0 Å². The summed E-state index contributed by atoms with van der Waals surface area (Å²) < 4.78 is 0. The van der Waals surface area contributed by atoms with Crippen LogP contribution in [0.25, 0.3) is 0 Å². The van der Waals surface area contributed by atoms with E-state index in [0.29, 0.717) is 12.1 Å². The van der Waals surface area contributed by atoms with Crippen molar-refractivity contribution in [1.82, 2.24) is 10.3 Å². The molecule has 3 N–H and O–H groups in total. The minimum atomic E-state index is 0.484. The van der Waals surface area contributed by atoms with Gasteiger partial charge in [-0.2, -0.15) is 0 Å². The van der Waals surface area contributed by atoms with E-state index in [2.05, 4.69) is 24.3 Å². The van der Waals surface area contributed by atoms with Gasteiger partial charge in [-0.25, -0.2) is 10.8 Å². The molecule has 2 atom stereocenters. The zero-order chi connectivity index (χ0) is 13.0. The fraction of sp³-hybridized carbons (Fsp3) is 0.929. The van der Waals surface area contributed by atoms with E-state index in [9.17, 15) is 0 Å². The molecule has 0 saturated heterocycles. The van der Waals surface area contributed by atoms with E-state index in [1.54, 1.807) is 0 Å². The van der Waals surface area contributed by atoms with Crippen LogP contribution in [0.5, 0.6) is 0 Å². The fourth-order valence-electron chi connectivity index (χ4n) is 3.47. The summed E-state index contributed by atoms with van der Waals surface area (Å²) in [5.41, 5.74) is 2.82. The molecule has 0 aromatic carbocycles. The van der Waals surface area contributed by atoms with Gasteiger partial charge in [0.2, 0.25) is 5.96 Å². The number of aliphatic imine (C=N–C) groups is 1. The first-order valence-corrected chi connectivity index (χ1v) is 7.49. The standard InChI is InChI=1S/C14H28N4/c1-11-7-3-6-10-13(11)18(2)14(17-15)16-12-8-4-5-9-12/h11-13H,3-10,15H2,1-2H3,(H,16,17). The summed E-state index contributed by atoms with van der Waals surface area (Å²) in [5.74, 6) is 7.31. The van der Waals surface area contributed by atoms with E-state index >= 15 is 0 Å². The Morgan fingerprint density at radius 2 is 1.72 bits per heavy atom. The first kappa shape index (κ1) is 13.7. The van der Waals surface area contributed by atoms with Gasteiger partial charge in [-0.15, -0.1) is 0 Å². The van der Waals surface area contributed by atoms with Crippen molar-refractivity contribution in [3.05, 3.63) is 0 Å². The van der Waals surface area contributed by atoms with Crippen LogP contribution < -0.4 is 11.3 Å². The molecule has 2 rings (SSSR count). The van der Waals surface area contributed by atoms with Gasteiger partial charge in [-0.1, -0.05) is 32.6 Å². The molecule has 4 heteroatoms. The second kappa shape index (κ2) is 6.41. The molecule has 0 radical (unpaired) electrons. The van der Waals surface area contributed by atoms with Crippen LogP contribution >= 0.6 is 0 Å². The number of nitrogens with one attached hydrogen (secondary N) is 1. The molecular formula is C14H28N4. The lowest BCUT2D eigenvalue weighted by Crippen LogP contribution is -2.50. The topological polar surface area (TPSA) is 53.6 Å². The number of rotatable bonds is 2. The van der Waals surface area contributed by atoms with Crippen molar-refractivity contribution >= 4 is 5.96 Å². The van der Waals surface area contributed by atoms with Crippen LogP contribution in [0.3, 0.4) is 0 Å². The maximum absolute atomic E-state index is 5.68. The summed E-state index contributed by atoms with van der Waals surface area (Å²) in [6.45, 7) is 2.35.